The summed E-state index contributed by atoms with van der Waals surface area (Å²) in [4.78, 5) is 13.7. The number of thiazole rings is 1. The first-order valence-electron chi connectivity index (χ1n) is 6.18. The summed E-state index contributed by atoms with van der Waals surface area (Å²) >= 11 is 1.19. The average molecular weight is 264 g/mol. The number of hydrogen-bond acceptors (Lipinski definition) is 4. The van der Waals surface area contributed by atoms with E-state index in [4.69, 9.17) is 4.42 Å². The molecular weight excluding hydrogens is 248 g/mol. The van der Waals surface area contributed by atoms with Crippen LogP contribution in [0, 0.1) is 5.92 Å². The van der Waals surface area contributed by atoms with Crippen LogP contribution in [0.1, 0.15) is 36.5 Å². The Balaban J connectivity index is 1.51. The molecule has 0 aromatic carbocycles. The molecule has 1 saturated carbocycles. The fraction of sp³-hybridized carbons (Fsp3) is 0.462. The molecule has 1 fully saturated rings. The van der Waals surface area contributed by atoms with Gasteiger partial charge in [0.05, 0.1) is 6.54 Å². The standard InChI is InChI=1S/C13H16N2O2S/c1-8-4-11(8)12-3-2-10(17-12)6-14-5-9-7-18-13(16)15-9/h2-3,7-8,11,14H,4-6H2,1H3,(H,15,16). The first-order chi connectivity index (χ1) is 8.72. The van der Waals surface area contributed by atoms with Gasteiger partial charge in [0.25, 0.3) is 0 Å². The smallest absolute Gasteiger partial charge is 0.304 e. The van der Waals surface area contributed by atoms with Gasteiger partial charge in [-0.15, -0.1) is 0 Å². The van der Waals surface area contributed by atoms with Gasteiger partial charge >= 0.3 is 4.87 Å². The zero-order valence-electron chi connectivity index (χ0n) is 10.2. The SMILES string of the molecule is CC1CC1c1ccc(CNCc2csc(=O)[nH]2)o1. The molecule has 0 radical (unpaired) electrons. The summed E-state index contributed by atoms with van der Waals surface area (Å²) in [7, 11) is 0. The van der Waals surface area contributed by atoms with Crippen molar-refractivity contribution in [3.05, 3.63) is 44.4 Å². The minimum absolute atomic E-state index is 0.00481. The molecule has 2 aromatic heterocycles. The average Bonchev–Trinajstić information content (AvgIpc) is 2.79. The van der Waals surface area contributed by atoms with Crippen molar-refractivity contribution in [2.45, 2.75) is 32.4 Å². The van der Waals surface area contributed by atoms with Crippen molar-refractivity contribution in [3.8, 4) is 0 Å². The van der Waals surface area contributed by atoms with Crippen LogP contribution in [0.3, 0.4) is 0 Å². The van der Waals surface area contributed by atoms with Crippen LogP contribution in [0.25, 0.3) is 0 Å². The molecule has 2 heterocycles. The molecule has 2 aromatic rings. The molecule has 0 saturated heterocycles. The molecule has 2 atom stereocenters. The molecule has 0 bridgehead atoms. The maximum absolute atomic E-state index is 11.0. The summed E-state index contributed by atoms with van der Waals surface area (Å²) in [6.45, 7) is 3.60. The molecule has 0 aliphatic heterocycles. The zero-order valence-corrected chi connectivity index (χ0v) is 11.0. The number of aromatic nitrogens is 1. The highest BCUT2D eigenvalue weighted by atomic mass is 32.1. The summed E-state index contributed by atoms with van der Waals surface area (Å²) in [6, 6.07) is 4.11. The van der Waals surface area contributed by atoms with E-state index in [1.54, 1.807) is 0 Å². The van der Waals surface area contributed by atoms with Crippen molar-refractivity contribution in [1.82, 2.24) is 10.3 Å². The first-order valence-corrected chi connectivity index (χ1v) is 7.06. The number of aromatic amines is 1. The third kappa shape index (κ3) is 2.57. The molecule has 1 aliphatic rings. The maximum atomic E-state index is 11.0. The fourth-order valence-electron chi connectivity index (χ4n) is 2.13. The highest BCUT2D eigenvalue weighted by molar-refractivity contribution is 7.07. The highest BCUT2D eigenvalue weighted by Crippen LogP contribution is 2.47. The van der Waals surface area contributed by atoms with Gasteiger partial charge in [-0.3, -0.25) is 4.79 Å². The van der Waals surface area contributed by atoms with Crippen LogP contribution in [0.2, 0.25) is 0 Å². The van der Waals surface area contributed by atoms with Crippen LogP contribution in [0.4, 0.5) is 0 Å². The third-order valence-electron chi connectivity index (χ3n) is 3.34. The summed E-state index contributed by atoms with van der Waals surface area (Å²) < 4.78 is 5.79. The molecule has 1 aliphatic carbocycles. The van der Waals surface area contributed by atoms with E-state index in [2.05, 4.69) is 23.3 Å². The molecule has 96 valence electrons. The second kappa shape index (κ2) is 4.74. The van der Waals surface area contributed by atoms with Gasteiger partial charge in [0, 0.05) is 23.5 Å². The number of H-pyrrole nitrogens is 1. The summed E-state index contributed by atoms with van der Waals surface area (Å²) in [5, 5.41) is 5.10. The number of rotatable bonds is 5. The first kappa shape index (κ1) is 11.7. The van der Waals surface area contributed by atoms with Crippen molar-refractivity contribution in [1.29, 1.82) is 0 Å². The number of hydrogen-bond donors (Lipinski definition) is 2. The zero-order chi connectivity index (χ0) is 12.5. The Hall–Kier alpha value is -1.33. The Morgan fingerprint density at radius 2 is 2.33 bits per heavy atom. The minimum atomic E-state index is -0.00481. The molecule has 0 spiro atoms. The Labute approximate surface area is 109 Å². The monoisotopic (exact) mass is 264 g/mol. The van der Waals surface area contributed by atoms with Crippen LogP contribution in [0.5, 0.6) is 0 Å². The molecule has 18 heavy (non-hydrogen) atoms. The normalized spacial score (nSPS) is 22.3. The molecule has 4 nitrogen and oxygen atoms in total. The maximum Gasteiger partial charge on any atom is 0.304 e. The molecular formula is C13H16N2O2S. The topological polar surface area (TPSA) is 58.0 Å². The van der Waals surface area contributed by atoms with E-state index in [1.165, 1.54) is 17.8 Å². The van der Waals surface area contributed by atoms with Gasteiger partial charge in [0.2, 0.25) is 0 Å². The lowest BCUT2D eigenvalue weighted by molar-refractivity contribution is 0.443. The summed E-state index contributed by atoms with van der Waals surface area (Å²) in [5.74, 6) is 3.48. The quantitative estimate of drug-likeness (QED) is 0.872. The van der Waals surface area contributed by atoms with Gasteiger partial charge in [-0.25, -0.2) is 0 Å². The van der Waals surface area contributed by atoms with Crippen molar-refractivity contribution in [2.24, 2.45) is 5.92 Å². The van der Waals surface area contributed by atoms with Gasteiger partial charge < -0.3 is 14.7 Å². The van der Waals surface area contributed by atoms with E-state index in [1.807, 2.05) is 11.4 Å². The van der Waals surface area contributed by atoms with E-state index < -0.39 is 0 Å². The minimum Gasteiger partial charge on any atom is -0.464 e. The van der Waals surface area contributed by atoms with E-state index in [0.717, 1.165) is 23.1 Å². The summed E-state index contributed by atoms with van der Waals surface area (Å²) in [6.07, 6.45) is 1.25. The third-order valence-corrected chi connectivity index (χ3v) is 4.06. The Kier molecular flexibility index (Phi) is 3.09. The number of furan rings is 1. The van der Waals surface area contributed by atoms with Gasteiger partial charge in [0.15, 0.2) is 0 Å². The Bertz CT molecular complexity index is 584. The van der Waals surface area contributed by atoms with E-state index in [9.17, 15) is 4.79 Å². The Morgan fingerprint density at radius 1 is 1.50 bits per heavy atom. The lowest BCUT2D eigenvalue weighted by Gasteiger charge is -2.00. The fourth-order valence-corrected chi connectivity index (χ4v) is 2.71. The van der Waals surface area contributed by atoms with Crippen molar-refractivity contribution in [2.75, 3.05) is 0 Å². The van der Waals surface area contributed by atoms with Crippen LogP contribution < -0.4 is 10.2 Å². The van der Waals surface area contributed by atoms with Gasteiger partial charge in [0.1, 0.15) is 11.5 Å². The number of nitrogens with one attached hydrogen (secondary N) is 2. The molecule has 0 amide bonds. The van der Waals surface area contributed by atoms with E-state index >= 15 is 0 Å². The van der Waals surface area contributed by atoms with Crippen molar-refractivity contribution < 1.29 is 4.42 Å². The molecule has 3 rings (SSSR count). The van der Waals surface area contributed by atoms with E-state index in [0.29, 0.717) is 19.0 Å². The van der Waals surface area contributed by atoms with Gasteiger partial charge in [-0.2, -0.15) is 0 Å². The van der Waals surface area contributed by atoms with Gasteiger partial charge in [-0.1, -0.05) is 18.3 Å². The molecule has 2 N–H and O–H groups in total. The van der Waals surface area contributed by atoms with Crippen LogP contribution in [-0.2, 0) is 13.1 Å². The molecule has 2 unspecified atom stereocenters. The highest BCUT2D eigenvalue weighted by Gasteiger charge is 2.36. The van der Waals surface area contributed by atoms with Crippen molar-refractivity contribution >= 4 is 11.3 Å². The van der Waals surface area contributed by atoms with Crippen LogP contribution >= 0.6 is 11.3 Å². The largest absolute Gasteiger partial charge is 0.464 e. The Morgan fingerprint density at radius 3 is 3.00 bits per heavy atom. The lowest BCUT2D eigenvalue weighted by Crippen LogP contribution is -2.13. The van der Waals surface area contributed by atoms with Crippen LogP contribution in [0.15, 0.2) is 26.7 Å². The summed E-state index contributed by atoms with van der Waals surface area (Å²) in [5.41, 5.74) is 0.924. The predicted molar refractivity (Wildman–Crippen MR) is 70.7 cm³/mol. The van der Waals surface area contributed by atoms with Crippen LogP contribution in [-0.4, -0.2) is 4.98 Å². The van der Waals surface area contributed by atoms with Gasteiger partial charge in [-0.05, 0) is 24.5 Å². The lowest BCUT2D eigenvalue weighted by atomic mass is 10.3. The van der Waals surface area contributed by atoms with E-state index in [-0.39, 0.29) is 4.87 Å². The predicted octanol–water partition coefficient (Wildman–Crippen LogP) is 2.44. The molecule has 5 heteroatoms. The second-order valence-electron chi connectivity index (χ2n) is 4.90. The second-order valence-corrected chi connectivity index (χ2v) is 5.74. The van der Waals surface area contributed by atoms with Crippen molar-refractivity contribution in [3.63, 3.8) is 0 Å².